The van der Waals surface area contributed by atoms with Crippen molar-refractivity contribution in [3.05, 3.63) is 29.8 Å². The number of nitrogens with zero attached hydrogens (tertiary/aromatic N) is 1. The fraction of sp³-hybridized carbons (Fsp3) is 0.625. The molecule has 0 N–H and O–H groups in total. The minimum absolute atomic E-state index is 0.262. The Kier molecular flexibility index (Phi) is 4.86. The average Bonchev–Trinajstić information content (AvgIpc) is 2.39. The third-order valence-electron chi connectivity index (χ3n) is 4.12. The normalized spacial score (nSPS) is 21.3. The molecule has 1 aliphatic rings. The van der Waals surface area contributed by atoms with Gasteiger partial charge in [0.15, 0.2) is 9.84 Å². The maximum Gasteiger partial charge on any atom is 0.178 e. The van der Waals surface area contributed by atoms with Crippen molar-refractivity contribution in [3.63, 3.8) is 0 Å². The summed E-state index contributed by atoms with van der Waals surface area (Å²) in [5, 5.41) is 0. The van der Waals surface area contributed by atoms with Gasteiger partial charge in [0, 0.05) is 12.6 Å². The van der Waals surface area contributed by atoms with Gasteiger partial charge in [-0.2, -0.15) is 0 Å². The van der Waals surface area contributed by atoms with Crippen LogP contribution in [0.4, 0.5) is 0 Å². The Hall–Kier alpha value is -0.870. The molecule has 0 bridgehead atoms. The molecule has 1 heterocycles. The zero-order chi connectivity index (χ0) is 14.8. The number of benzene rings is 1. The van der Waals surface area contributed by atoms with Crippen LogP contribution in [0.3, 0.4) is 0 Å². The van der Waals surface area contributed by atoms with E-state index in [9.17, 15) is 8.42 Å². The molecule has 0 unspecified atom stereocenters. The predicted molar refractivity (Wildman–Crippen MR) is 82.7 cm³/mol. The van der Waals surface area contributed by atoms with Crippen LogP contribution in [0.5, 0.6) is 0 Å². The molecule has 1 aromatic rings. The lowest BCUT2D eigenvalue weighted by molar-refractivity contribution is 0.148. The number of aryl methyl sites for hydroxylation is 1. The van der Waals surface area contributed by atoms with Gasteiger partial charge in [0.1, 0.15) is 0 Å². The maximum atomic E-state index is 12.5. The van der Waals surface area contributed by atoms with Gasteiger partial charge in [-0.15, -0.1) is 0 Å². The fourth-order valence-corrected chi connectivity index (χ4v) is 4.49. The zero-order valence-electron chi connectivity index (χ0n) is 12.7. The Morgan fingerprint density at radius 2 is 1.90 bits per heavy atom. The molecule has 0 saturated carbocycles. The molecule has 0 radical (unpaired) electrons. The average molecular weight is 295 g/mol. The molecule has 112 valence electrons. The second kappa shape index (κ2) is 6.27. The van der Waals surface area contributed by atoms with Crippen molar-refractivity contribution in [3.8, 4) is 0 Å². The predicted octanol–water partition coefficient (Wildman–Crippen LogP) is 2.89. The van der Waals surface area contributed by atoms with Crippen LogP contribution in [0.1, 0.15) is 32.3 Å². The summed E-state index contributed by atoms with van der Waals surface area (Å²) in [6.45, 7) is 8.33. The largest absolute Gasteiger partial charge is 0.301 e. The zero-order valence-corrected chi connectivity index (χ0v) is 13.5. The molecule has 0 aliphatic carbocycles. The first-order valence-corrected chi connectivity index (χ1v) is 9.07. The van der Waals surface area contributed by atoms with Gasteiger partial charge >= 0.3 is 0 Å². The molecule has 1 aromatic carbocycles. The van der Waals surface area contributed by atoms with E-state index in [1.54, 1.807) is 12.1 Å². The summed E-state index contributed by atoms with van der Waals surface area (Å²) < 4.78 is 24.9. The molecular weight excluding hydrogens is 270 g/mol. The lowest BCUT2D eigenvalue weighted by atomic mass is 9.99. The molecular formula is C16H25NO2S. The van der Waals surface area contributed by atoms with Crippen LogP contribution in [0.15, 0.2) is 29.2 Å². The first-order chi connectivity index (χ1) is 9.38. The van der Waals surface area contributed by atoms with Gasteiger partial charge in [0.25, 0.3) is 0 Å². The second-order valence-corrected chi connectivity index (χ2v) is 8.23. The van der Waals surface area contributed by atoms with Crippen LogP contribution in [0.2, 0.25) is 0 Å². The maximum absolute atomic E-state index is 12.5. The standard InChI is InChI=1S/C16H25NO2S/c1-13(2)17-10-4-5-15(11-17)12-20(18,19)16-8-6-14(3)7-9-16/h6-9,13,15H,4-5,10-12H2,1-3H3/t15-/m1/s1. The molecule has 0 spiro atoms. The van der Waals surface area contributed by atoms with Crippen LogP contribution >= 0.6 is 0 Å². The summed E-state index contributed by atoms with van der Waals surface area (Å²) in [5.41, 5.74) is 1.09. The van der Waals surface area contributed by atoms with Gasteiger partial charge in [-0.25, -0.2) is 8.42 Å². The minimum atomic E-state index is -3.15. The molecule has 1 aliphatic heterocycles. The lowest BCUT2D eigenvalue weighted by Gasteiger charge is -2.35. The minimum Gasteiger partial charge on any atom is -0.301 e. The van der Waals surface area contributed by atoms with Crippen molar-refractivity contribution in [2.45, 2.75) is 44.6 Å². The van der Waals surface area contributed by atoms with E-state index in [1.807, 2.05) is 19.1 Å². The van der Waals surface area contributed by atoms with Crippen LogP contribution < -0.4 is 0 Å². The van der Waals surface area contributed by atoms with E-state index in [4.69, 9.17) is 0 Å². The molecule has 0 aromatic heterocycles. The molecule has 0 amide bonds. The fourth-order valence-electron chi connectivity index (χ4n) is 2.85. The highest BCUT2D eigenvalue weighted by Crippen LogP contribution is 2.23. The molecule has 1 fully saturated rings. The number of hydrogen-bond acceptors (Lipinski definition) is 3. The Balaban J connectivity index is 2.06. The molecule has 3 nitrogen and oxygen atoms in total. The van der Waals surface area contributed by atoms with Crippen molar-refractivity contribution >= 4 is 9.84 Å². The van der Waals surface area contributed by atoms with Crippen LogP contribution in [-0.2, 0) is 9.84 Å². The van der Waals surface area contributed by atoms with Gasteiger partial charge in [0.05, 0.1) is 10.6 Å². The van der Waals surface area contributed by atoms with Crippen LogP contribution in [0, 0.1) is 12.8 Å². The van der Waals surface area contributed by atoms with E-state index in [0.717, 1.165) is 31.5 Å². The molecule has 1 atom stereocenters. The van der Waals surface area contributed by atoms with E-state index >= 15 is 0 Å². The molecule has 20 heavy (non-hydrogen) atoms. The number of piperidine rings is 1. The van der Waals surface area contributed by atoms with Gasteiger partial charge in [-0.1, -0.05) is 17.7 Å². The third-order valence-corrected chi connectivity index (χ3v) is 6.02. The number of sulfone groups is 1. The van der Waals surface area contributed by atoms with Crippen molar-refractivity contribution in [1.29, 1.82) is 0 Å². The Bertz CT molecular complexity index is 534. The second-order valence-electron chi connectivity index (χ2n) is 6.19. The SMILES string of the molecule is Cc1ccc(S(=O)(=O)C[C@@H]2CCCN(C(C)C)C2)cc1. The summed E-state index contributed by atoms with van der Waals surface area (Å²) in [7, 11) is -3.15. The van der Waals surface area contributed by atoms with Crippen molar-refractivity contribution in [2.75, 3.05) is 18.8 Å². The van der Waals surface area contributed by atoms with Gasteiger partial charge in [-0.05, 0) is 58.2 Å². The van der Waals surface area contributed by atoms with E-state index < -0.39 is 9.84 Å². The molecule has 1 saturated heterocycles. The highest BCUT2D eigenvalue weighted by molar-refractivity contribution is 7.91. The van der Waals surface area contributed by atoms with Crippen molar-refractivity contribution in [1.82, 2.24) is 4.90 Å². The lowest BCUT2D eigenvalue weighted by Crippen LogP contribution is -2.41. The summed E-state index contributed by atoms with van der Waals surface area (Å²) in [6, 6.07) is 7.70. The van der Waals surface area contributed by atoms with E-state index in [-0.39, 0.29) is 11.7 Å². The Labute approximate surface area is 122 Å². The first-order valence-electron chi connectivity index (χ1n) is 7.42. The van der Waals surface area contributed by atoms with Crippen molar-refractivity contribution < 1.29 is 8.42 Å². The Morgan fingerprint density at radius 1 is 1.25 bits per heavy atom. The van der Waals surface area contributed by atoms with Gasteiger partial charge < -0.3 is 4.90 Å². The highest BCUT2D eigenvalue weighted by Gasteiger charge is 2.27. The summed E-state index contributed by atoms with van der Waals surface area (Å²) >= 11 is 0. The van der Waals surface area contributed by atoms with E-state index in [0.29, 0.717) is 10.9 Å². The van der Waals surface area contributed by atoms with Gasteiger partial charge in [0.2, 0.25) is 0 Å². The van der Waals surface area contributed by atoms with E-state index in [1.165, 1.54) is 0 Å². The molecule has 4 heteroatoms. The van der Waals surface area contributed by atoms with Crippen LogP contribution in [-0.4, -0.2) is 38.2 Å². The smallest absolute Gasteiger partial charge is 0.178 e. The Morgan fingerprint density at radius 3 is 2.50 bits per heavy atom. The number of rotatable bonds is 4. The molecule has 2 rings (SSSR count). The monoisotopic (exact) mass is 295 g/mol. The summed E-state index contributed by atoms with van der Waals surface area (Å²) in [4.78, 5) is 2.85. The van der Waals surface area contributed by atoms with Crippen molar-refractivity contribution in [2.24, 2.45) is 5.92 Å². The quantitative estimate of drug-likeness (QED) is 0.857. The van der Waals surface area contributed by atoms with E-state index in [2.05, 4.69) is 18.7 Å². The highest BCUT2D eigenvalue weighted by atomic mass is 32.2. The first kappa shape index (κ1) is 15.5. The van der Waals surface area contributed by atoms with Crippen LogP contribution in [0.25, 0.3) is 0 Å². The number of hydrogen-bond donors (Lipinski definition) is 0. The summed E-state index contributed by atoms with van der Waals surface area (Å²) in [6.07, 6.45) is 2.13. The third kappa shape index (κ3) is 3.83. The summed E-state index contributed by atoms with van der Waals surface area (Å²) in [5.74, 6) is 0.539. The topological polar surface area (TPSA) is 37.4 Å². The number of likely N-dealkylation sites (tertiary alicyclic amines) is 1. The van der Waals surface area contributed by atoms with Gasteiger partial charge in [-0.3, -0.25) is 0 Å².